The molecule has 2 saturated heterocycles. The summed E-state index contributed by atoms with van der Waals surface area (Å²) in [5.41, 5.74) is 0.195. The first-order chi connectivity index (χ1) is 16.5. The van der Waals surface area contributed by atoms with Crippen molar-refractivity contribution in [3.05, 3.63) is 58.7 Å². The molecule has 2 fully saturated rings. The molecule has 5 heterocycles. The Balaban J connectivity index is 1.25. The molecule has 0 aromatic carbocycles. The number of amides is 4. The summed E-state index contributed by atoms with van der Waals surface area (Å²) in [6.07, 6.45) is 3.44. The molecular formula is C24H25N5O3S2. The number of nitrogens with one attached hydrogen (secondary N) is 1. The number of thiophene rings is 1. The van der Waals surface area contributed by atoms with Gasteiger partial charge in [-0.1, -0.05) is 19.1 Å². The number of imide groups is 1. The van der Waals surface area contributed by atoms with Gasteiger partial charge >= 0.3 is 6.03 Å². The minimum Gasteiger partial charge on any atom is -0.337 e. The second-order valence-electron chi connectivity index (χ2n) is 8.55. The minimum atomic E-state index is -0.937. The van der Waals surface area contributed by atoms with E-state index in [1.807, 2.05) is 35.9 Å². The van der Waals surface area contributed by atoms with Gasteiger partial charge in [-0.05, 0) is 48.8 Å². The molecule has 8 nitrogen and oxygen atoms in total. The SMILES string of the molecule is CC[C@@]1(C2CCN(C(=O)c3csc(-c4cccs4)n3)CC2)NC(=O)N(Cc2ccccn2)C1=O. The maximum atomic E-state index is 13.5. The van der Waals surface area contributed by atoms with E-state index in [-0.39, 0.29) is 30.3 Å². The van der Waals surface area contributed by atoms with Gasteiger partial charge in [0.15, 0.2) is 0 Å². The van der Waals surface area contributed by atoms with Gasteiger partial charge in [-0.25, -0.2) is 9.78 Å². The van der Waals surface area contributed by atoms with Crippen LogP contribution in [0, 0.1) is 5.92 Å². The number of piperidine rings is 1. The summed E-state index contributed by atoms with van der Waals surface area (Å²) in [6.45, 7) is 3.14. The van der Waals surface area contributed by atoms with Crippen LogP contribution in [0.4, 0.5) is 4.79 Å². The fourth-order valence-electron chi connectivity index (χ4n) is 4.87. The fraction of sp³-hybridized carbons (Fsp3) is 0.375. The molecule has 0 spiro atoms. The van der Waals surface area contributed by atoms with Crippen molar-refractivity contribution in [1.82, 2.24) is 25.1 Å². The average Bonchev–Trinajstić information content (AvgIpc) is 3.62. The molecule has 176 valence electrons. The summed E-state index contributed by atoms with van der Waals surface area (Å²) in [7, 11) is 0. The van der Waals surface area contributed by atoms with E-state index in [1.54, 1.807) is 34.6 Å². The Labute approximate surface area is 205 Å². The van der Waals surface area contributed by atoms with Crippen molar-refractivity contribution < 1.29 is 14.4 Å². The van der Waals surface area contributed by atoms with Crippen LogP contribution in [0.2, 0.25) is 0 Å². The Hall–Kier alpha value is -3.11. The molecule has 0 unspecified atom stereocenters. The zero-order valence-electron chi connectivity index (χ0n) is 18.8. The summed E-state index contributed by atoms with van der Waals surface area (Å²) >= 11 is 3.08. The molecule has 1 N–H and O–H groups in total. The standard InChI is InChI=1S/C24H25N5O3S2/c1-2-24(22(31)29(23(32)27-24)14-17-6-3-4-10-25-17)16-8-11-28(12-9-16)21(30)18-15-34-20(26-18)19-7-5-13-33-19/h3-7,10,13,15-16H,2,8-9,11-12,14H2,1H3,(H,27,32)/t24-/m0/s1. The van der Waals surface area contributed by atoms with Gasteiger partial charge < -0.3 is 10.2 Å². The highest BCUT2D eigenvalue weighted by atomic mass is 32.1. The summed E-state index contributed by atoms with van der Waals surface area (Å²) < 4.78 is 0. The lowest BCUT2D eigenvalue weighted by molar-refractivity contribution is -0.134. The normalized spacial score (nSPS) is 21.2. The third-order valence-corrected chi connectivity index (χ3v) is 8.62. The molecular weight excluding hydrogens is 470 g/mol. The third-order valence-electron chi connectivity index (χ3n) is 6.74. The van der Waals surface area contributed by atoms with Crippen LogP contribution in [-0.4, -0.2) is 56.2 Å². The first-order valence-electron chi connectivity index (χ1n) is 11.3. The van der Waals surface area contributed by atoms with Crippen molar-refractivity contribution in [2.45, 2.75) is 38.3 Å². The molecule has 0 bridgehead atoms. The zero-order valence-corrected chi connectivity index (χ0v) is 20.4. The predicted molar refractivity (Wildman–Crippen MR) is 130 cm³/mol. The monoisotopic (exact) mass is 495 g/mol. The van der Waals surface area contributed by atoms with Crippen molar-refractivity contribution in [1.29, 1.82) is 0 Å². The zero-order chi connectivity index (χ0) is 23.7. The van der Waals surface area contributed by atoms with Gasteiger partial charge in [-0.2, -0.15) is 0 Å². The first-order valence-corrected chi connectivity index (χ1v) is 13.1. The third kappa shape index (κ3) is 4.01. The van der Waals surface area contributed by atoms with Gasteiger partial charge in [-0.15, -0.1) is 22.7 Å². The molecule has 2 aliphatic rings. The number of hydrogen-bond donors (Lipinski definition) is 1. The highest BCUT2D eigenvalue weighted by Gasteiger charge is 2.55. The maximum Gasteiger partial charge on any atom is 0.325 e. The van der Waals surface area contributed by atoms with Gasteiger partial charge in [-0.3, -0.25) is 19.5 Å². The molecule has 3 aromatic heterocycles. The van der Waals surface area contributed by atoms with E-state index in [4.69, 9.17) is 0 Å². The molecule has 4 amide bonds. The van der Waals surface area contributed by atoms with Crippen LogP contribution >= 0.6 is 22.7 Å². The molecule has 34 heavy (non-hydrogen) atoms. The smallest absolute Gasteiger partial charge is 0.325 e. The van der Waals surface area contributed by atoms with Crippen LogP contribution in [0.1, 0.15) is 42.4 Å². The average molecular weight is 496 g/mol. The maximum absolute atomic E-state index is 13.5. The highest BCUT2D eigenvalue weighted by molar-refractivity contribution is 7.20. The second-order valence-corrected chi connectivity index (χ2v) is 10.4. The Kier molecular flexibility index (Phi) is 6.18. The van der Waals surface area contributed by atoms with Crippen LogP contribution in [0.25, 0.3) is 9.88 Å². The molecule has 5 rings (SSSR count). The highest BCUT2D eigenvalue weighted by Crippen LogP contribution is 2.37. The van der Waals surface area contributed by atoms with Crippen LogP contribution in [-0.2, 0) is 11.3 Å². The van der Waals surface area contributed by atoms with Crippen molar-refractivity contribution in [3.8, 4) is 9.88 Å². The van der Waals surface area contributed by atoms with Crippen molar-refractivity contribution >= 4 is 40.5 Å². The summed E-state index contributed by atoms with van der Waals surface area (Å²) in [4.78, 5) is 52.2. The minimum absolute atomic E-state index is 0.0381. The lowest BCUT2D eigenvalue weighted by Crippen LogP contribution is -2.56. The second kappa shape index (κ2) is 9.27. The molecule has 0 saturated carbocycles. The van der Waals surface area contributed by atoms with E-state index in [9.17, 15) is 14.4 Å². The number of likely N-dealkylation sites (tertiary alicyclic amines) is 1. The van der Waals surface area contributed by atoms with Crippen LogP contribution in [0.15, 0.2) is 47.3 Å². The molecule has 3 aromatic rings. The van der Waals surface area contributed by atoms with Gasteiger partial charge in [0.05, 0.1) is 17.1 Å². The van der Waals surface area contributed by atoms with Crippen LogP contribution < -0.4 is 5.32 Å². The molecule has 0 aliphatic carbocycles. The Morgan fingerprint density at radius 2 is 2.00 bits per heavy atom. The van der Waals surface area contributed by atoms with E-state index in [0.29, 0.717) is 43.7 Å². The van der Waals surface area contributed by atoms with Gasteiger partial charge in [0.25, 0.3) is 11.8 Å². The number of nitrogens with zero attached hydrogens (tertiary/aromatic N) is 4. The number of urea groups is 1. The Morgan fingerprint density at radius 3 is 2.68 bits per heavy atom. The van der Waals surface area contributed by atoms with Gasteiger partial charge in [0.2, 0.25) is 0 Å². The quantitative estimate of drug-likeness (QED) is 0.521. The number of carbonyl (C=O) groups excluding carboxylic acids is 3. The topological polar surface area (TPSA) is 95.5 Å². The lowest BCUT2D eigenvalue weighted by atomic mass is 9.75. The van der Waals surface area contributed by atoms with Gasteiger partial charge in [0.1, 0.15) is 16.2 Å². The molecule has 10 heteroatoms. The Bertz CT molecular complexity index is 1190. The van der Waals surface area contributed by atoms with Gasteiger partial charge in [0, 0.05) is 24.7 Å². The molecule has 0 radical (unpaired) electrons. The van der Waals surface area contributed by atoms with Crippen molar-refractivity contribution in [3.63, 3.8) is 0 Å². The van der Waals surface area contributed by atoms with E-state index in [1.165, 1.54) is 16.2 Å². The van der Waals surface area contributed by atoms with E-state index >= 15 is 0 Å². The summed E-state index contributed by atoms with van der Waals surface area (Å²) in [5, 5.41) is 7.66. The van der Waals surface area contributed by atoms with Crippen LogP contribution in [0.3, 0.4) is 0 Å². The number of carbonyl (C=O) groups is 3. The van der Waals surface area contributed by atoms with Crippen LogP contribution in [0.5, 0.6) is 0 Å². The fourth-order valence-corrected chi connectivity index (χ4v) is 6.48. The predicted octanol–water partition coefficient (Wildman–Crippen LogP) is 4.02. The number of aromatic nitrogens is 2. The number of hydrogen-bond acceptors (Lipinski definition) is 7. The molecule has 1 atom stereocenters. The lowest BCUT2D eigenvalue weighted by Gasteiger charge is -2.40. The summed E-state index contributed by atoms with van der Waals surface area (Å²) in [5.74, 6) is -0.319. The van der Waals surface area contributed by atoms with E-state index < -0.39 is 5.54 Å². The largest absolute Gasteiger partial charge is 0.337 e. The molecule has 2 aliphatic heterocycles. The Morgan fingerprint density at radius 1 is 1.18 bits per heavy atom. The van der Waals surface area contributed by atoms with E-state index in [0.717, 1.165) is 9.88 Å². The number of rotatable bonds is 6. The van der Waals surface area contributed by atoms with E-state index in [2.05, 4.69) is 15.3 Å². The van der Waals surface area contributed by atoms with Crippen molar-refractivity contribution in [2.75, 3.05) is 13.1 Å². The number of thiazole rings is 1. The first kappa shape index (κ1) is 22.7. The number of pyridine rings is 1. The van der Waals surface area contributed by atoms with Crippen molar-refractivity contribution in [2.24, 2.45) is 5.92 Å². The summed E-state index contributed by atoms with van der Waals surface area (Å²) in [6, 6.07) is 9.04.